The van der Waals surface area contributed by atoms with Gasteiger partial charge in [-0.05, 0) is 50.5 Å². The first-order chi connectivity index (χ1) is 11.1. The lowest BCUT2D eigenvalue weighted by molar-refractivity contribution is -0.138. The molecule has 0 unspecified atom stereocenters. The van der Waals surface area contributed by atoms with E-state index in [0.717, 1.165) is 12.8 Å². The highest BCUT2D eigenvalue weighted by molar-refractivity contribution is 6.33. The largest absolute Gasteiger partial charge is 0.336 e. The molecule has 6 nitrogen and oxygen atoms in total. The highest BCUT2D eigenvalue weighted by Crippen LogP contribution is 2.24. The van der Waals surface area contributed by atoms with E-state index in [1.807, 2.05) is 23.1 Å². The van der Waals surface area contributed by atoms with Crippen molar-refractivity contribution in [1.82, 2.24) is 25.1 Å². The van der Waals surface area contributed by atoms with E-state index in [1.54, 1.807) is 6.07 Å². The van der Waals surface area contributed by atoms with Gasteiger partial charge in [0.1, 0.15) is 6.54 Å². The Morgan fingerprint density at radius 3 is 2.65 bits per heavy atom. The number of piperidine rings is 1. The molecule has 1 aromatic heterocycles. The highest BCUT2D eigenvalue weighted by Gasteiger charge is 2.29. The van der Waals surface area contributed by atoms with Crippen LogP contribution in [0.25, 0.3) is 11.4 Å². The first-order valence-electron chi connectivity index (χ1n) is 7.90. The van der Waals surface area contributed by atoms with Crippen LogP contribution in [0.4, 0.5) is 0 Å². The number of aromatic nitrogens is 4. The van der Waals surface area contributed by atoms with Gasteiger partial charge < -0.3 is 4.90 Å². The molecule has 3 rings (SSSR count). The Balaban J connectivity index is 1.74. The zero-order chi connectivity index (χ0) is 16.4. The van der Waals surface area contributed by atoms with Crippen LogP contribution in [0.5, 0.6) is 0 Å². The number of hydrogen-bond donors (Lipinski definition) is 0. The first kappa shape index (κ1) is 15.9. The maximum Gasteiger partial charge on any atom is 0.246 e. The Bertz CT molecular complexity index is 691. The van der Waals surface area contributed by atoms with Gasteiger partial charge in [-0.25, -0.2) is 0 Å². The molecule has 1 fully saturated rings. The molecule has 1 amide bonds. The third-order valence-corrected chi connectivity index (χ3v) is 4.66. The van der Waals surface area contributed by atoms with Gasteiger partial charge in [-0.1, -0.05) is 23.7 Å². The number of tetrazole rings is 1. The predicted octanol–water partition coefficient (Wildman–Crippen LogP) is 2.78. The number of rotatable bonds is 3. The summed E-state index contributed by atoms with van der Waals surface area (Å²) in [4.78, 5) is 15.9. The highest BCUT2D eigenvalue weighted by atomic mass is 35.5. The van der Waals surface area contributed by atoms with Crippen molar-refractivity contribution in [3.8, 4) is 11.4 Å². The standard InChI is InChI=1S/C16H20ClN5O/c1-11-6-5-7-12(2)22(11)15(23)10-21-19-16(18-20-21)13-8-3-4-9-14(13)17/h3-4,8-9,11-12H,5-7,10H2,1-2H3/t11-,12+. The third-order valence-electron chi connectivity index (χ3n) is 4.33. The summed E-state index contributed by atoms with van der Waals surface area (Å²) in [6, 6.07) is 7.85. The zero-order valence-corrected chi connectivity index (χ0v) is 14.1. The van der Waals surface area contributed by atoms with Gasteiger partial charge in [0.05, 0.1) is 5.02 Å². The lowest BCUT2D eigenvalue weighted by Crippen LogP contribution is -2.48. The van der Waals surface area contributed by atoms with Crippen molar-refractivity contribution in [2.45, 2.75) is 51.7 Å². The van der Waals surface area contributed by atoms with Crippen LogP contribution in [0, 0.1) is 0 Å². The monoisotopic (exact) mass is 333 g/mol. The second kappa shape index (κ2) is 6.66. The molecule has 1 aliphatic heterocycles. The van der Waals surface area contributed by atoms with E-state index in [0.29, 0.717) is 16.4 Å². The molecule has 0 spiro atoms. The Morgan fingerprint density at radius 1 is 1.26 bits per heavy atom. The van der Waals surface area contributed by atoms with Crippen molar-refractivity contribution in [3.05, 3.63) is 29.3 Å². The Hall–Kier alpha value is -1.95. The number of benzene rings is 1. The maximum atomic E-state index is 12.6. The minimum absolute atomic E-state index is 0.0350. The van der Waals surface area contributed by atoms with Gasteiger partial charge in [-0.3, -0.25) is 4.79 Å². The molecule has 23 heavy (non-hydrogen) atoms. The second-order valence-electron chi connectivity index (χ2n) is 6.05. The Kier molecular flexibility index (Phi) is 4.61. The second-order valence-corrected chi connectivity index (χ2v) is 6.46. The van der Waals surface area contributed by atoms with Crippen molar-refractivity contribution in [2.24, 2.45) is 0 Å². The molecule has 1 aromatic carbocycles. The van der Waals surface area contributed by atoms with E-state index in [4.69, 9.17) is 11.6 Å². The topological polar surface area (TPSA) is 63.9 Å². The van der Waals surface area contributed by atoms with Crippen molar-refractivity contribution in [1.29, 1.82) is 0 Å². The molecule has 1 saturated heterocycles. The van der Waals surface area contributed by atoms with Crippen LogP contribution < -0.4 is 0 Å². The van der Waals surface area contributed by atoms with Gasteiger partial charge >= 0.3 is 0 Å². The lowest BCUT2D eigenvalue weighted by Gasteiger charge is -2.38. The normalized spacial score (nSPS) is 21.4. The first-order valence-corrected chi connectivity index (χ1v) is 8.28. The summed E-state index contributed by atoms with van der Waals surface area (Å²) in [7, 11) is 0. The van der Waals surface area contributed by atoms with Gasteiger partial charge in [-0.15, -0.1) is 10.2 Å². The summed E-state index contributed by atoms with van der Waals surface area (Å²) in [5.74, 6) is 0.468. The molecule has 122 valence electrons. The summed E-state index contributed by atoms with van der Waals surface area (Å²) in [6.07, 6.45) is 3.27. The number of carbonyl (C=O) groups is 1. The van der Waals surface area contributed by atoms with Crippen molar-refractivity contribution >= 4 is 17.5 Å². The minimum Gasteiger partial charge on any atom is -0.336 e. The van der Waals surface area contributed by atoms with E-state index in [1.165, 1.54) is 11.2 Å². The van der Waals surface area contributed by atoms with Crippen LogP contribution in [0.2, 0.25) is 5.02 Å². The fraction of sp³-hybridized carbons (Fsp3) is 0.500. The predicted molar refractivity (Wildman–Crippen MR) is 87.9 cm³/mol. The average Bonchev–Trinajstić information content (AvgIpc) is 2.95. The van der Waals surface area contributed by atoms with E-state index in [-0.39, 0.29) is 24.5 Å². The molecular formula is C16H20ClN5O. The molecular weight excluding hydrogens is 314 g/mol. The Morgan fingerprint density at radius 2 is 1.96 bits per heavy atom. The summed E-state index contributed by atoms with van der Waals surface area (Å²) in [5, 5.41) is 12.9. The molecule has 7 heteroatoms. The summed E-state index contributed by atoms with van der Waals surface area (Å²) < 4.78 is 0. The van der Waals surface area contributed by atoms with Gasteiger partial charge in [0, 0.05) is 17.6 Å². The number of nitrogens with zero attached hydrogens (tertiary/aromatic N) is 5. The third kappa shape index (κ3) is 3.37. The molecule has 2 atom stereocenters. The van der Waals surface area contributed by atoms with Crippen LogP contribution in [0.1, 0.15) is 33.1 Å². The molecule has 2 aromatic rings. The number of carbonyl (C=O) groups excluding carboxylic acids is 1. The van der Waals surface area contributed by atoms with Crippen molar-refractivity contribution in [3.63, 3.8) is 0 Å². The van der Waals surface area contributed by atoms with Gasteiger partial charge in [-0.2, -0.15) is 4.80 Å². The van der Waals surface area contributed by atoms with Crippen LogP contribution in [0.15, 0.2) is 24.3 Å². The molecule has 2 heterocycles. The molecule has 0 saturated carbocycles. The number of likely N-dealkylation sites (tertiary alicyclic amines) is 1. The quantitative estimate of drug-likeness (QED) is 0.866. The smallest absolute Gasteiger partial charge is 0.246 e. The molecule has 0 aliphatic carbocycles. The molecule has 0 N–H and O–H groups in total. The van der Waals surface area contributed by atoms with Crippen LogP contribution >= 0.6 is 11.6 Å². The van der Waals surface area contributed by atoms with Crippen molar-refractivity contribution in [2.75, 3.05) is 0 Å². The van der Waals surface area contributed by atoms with E-state index in [2.05, 4.69) is 29.3 Å². The molecule has 0 bridgehead atoms. The van der Waals surface area contributed by atoms with Gasteiger partial charge in [0.2, 0.25) is 11.7 Å². The maximum absolute atomic E-state index is 12.6. The van der Waals surface area contributed by atoms with E-state index < -0.39 is 0 Å². The Labute approximate surface area is 140 Å². The van der Waals surface area contributed by atoms with E-state index in [9.17, 15) is 4.79 Å². The average molecular weight is 334 g/mol. The van der Waals surface area contributed by atoms with Crippen LogP contribution in [0.3, 0.4) is 0 Å². The minimum atomic E-state index is 0.0350. The summed E-state index contributed by atoms with van der Waals surface area (Å²) >= 11 is 6.14. The molecule has 1 aliphatic rings. The fourth-order valence-corrected chi connectivity index (χ4v) is 3.40. The van der Waals surface area contributed by atoms with Crippen LogP contribution in [-0.4, -0.2) is 43.1 Å². The lowest BCUT2D eigenvalue weighted by atomic mass is 9.97. The number of hydrogen-bond acceptors (Lipinski definition) is 4. The molecule has 0 radical (unpaired) electrons. The van der Waals surface area contributed by atoms with Gasteiger partial charge in [0.25, 0.3) is 0 Å². The van der Waals surface area contributed by atoms with E-state index >= 15 is 0 Å². The van der Waals surface area contributed by atoms with Crippen molar-refractivity contribution < 1.29 is 4.79 Å². The van der Waals surface area contributed by atoms with Gasteiger partial charge in [0.15, 0.2) is 0 Å². The number of halogens is 1. The summed E-state index contributed by atoms with van der Waals surface area (Å²) in [6.45, 7) is 4.29. The SMILES string of the molecule is C[C@@H]1CCC[C@H](C)N1C(=O)Cn1nnc(-c2ccccc2Cl)n1. The fourth-order valence-electron chi connectivity index (χ4n) is 3.18. The summed E-state index contributed by atoms with van der Waals surface area (Å²) in [5.41, 5.74) is 0.715. The number of amides is 1. The zero-order valence-electron chi connectivity index (χ0n) is 13.3. The van der Waals surface area contributed by atoms with Crippen LogP contribution in [-0.2, 0) is 11.3 Å².